The van der Waals surface area contributed by atoms with E-state index in [0.29, 0.717) is 0 Å². The molecule has 2 nitrogen and oxygen atoms in total. The molecule has 2 aromatic carbocycles. The Hall–Kier alpha value is -1.80. The van der Waals surface area contributed by atoms with Gasteiger partial charge in [-0.1, -0.05) is 48.5 Å². The Morgan fingerprint density at radius 1 is 0.864 bits per heavy atom. The normalized spacial score (nSPS) is 16.5. The Morgan fingerprint density at radius 2 is 1.50 bits per heavy atom. The molecule has 1 N–H and O–H groups in total. The van der Waals surface area contributed by atoms with E-state index >= 15 is 0 Å². The predicted octanol–water partition coefficient (Wildman–Crippen LogP) is 4.40. The third-order valence-electron chi connectivity index (χ3n) is 4.61. The number of para-hydroxylation sites is 1. The van der Waals surface area contributed by atoms with Gasteiger partial charge in [0.2, 0.25) is 0 Å². The highest BCUT2D eigenvalue weighted by molar-refractivity contribution is 5.42. The van der Waals surface area contributed by atoms with Gasteiger partial charge in [-0.25, -0.2) is 0 Å². The van der Waals surface area contributed by atoms with Crippen LogP contribution < -0.4 is 5.32 Å². The number of piperidine rings is 1. The van der Waals surface area contributed by atoms with Crippen LogP contribution in [-0.4, -0.2) is 24.5 Å². The van der Waals surface area contributed by atoms with Gasteiger partial charge in [-0.05, 0) is 56.0 Å². The van der Waals surface area contributed by atoms with Gasteiger partial charge in [0.05, 0.1) is 0 Å². The first-order valence-electron chi connectivity index (χ1n) is 8.45. The number of nitrogens with one attached hydrogen (secondary N) is 1. The first-order chi connectivity index (χ1) is 10.9. The molecule has 0 aromatic heterocycles. The van der Waals surface area contributed by atoms with Crippen LogP contribution in [0.2, 0.25) is 0 Å². The van der Waals surface area contributed by atoms with E-state index in [1.807, 2.05) is 0 Å². The minimum absolute atomic E-state index is 0.878. The molecule has 1 aliphatic rings. The number of benzene rings is 2. The largest absolute Gasteiger partial charge is 0.385 e. The Bertz CT molecular complexity index is 530. The average Bonchev–Trinajstić information content (AvgIpc) is 2.58. The molecular weight excluding hydrogens is 268 g/mol. The second kappa shape index (κ2) is 8.00. The number of nitrogens with zero attached hydrogens (tertiary/aromatic N) is 1. The van der Waals surface area contributed by atoms with Crippen LogP contribution in [0.1, 0.15) is 24.8 Å². The van der Waals surface area contributed by atoms with Gasteiger partial charge >= 0.3 is 0 Å². The van der Waals surface area contributed by atoms with E-state index < -0.39 is 0 Å². The van der Waals surface area contributed by atoms with Crippen molar-refractivity contribution in [2.75, 3.05) is 25.0 Å². The zero-order valence-corrected chi connectivity index (χ0v) is 13.2. The maximum atomic E-state index is 3.53. The van der Waals surface area contributed by atoms with Crippen molar-refractivity contribution in [3.63, 3.8) is 0 Å². The Morgan fingerprint density at radius 3 is 2.18 bits per heavy atom. The highest BCUT2D eigenvalue weighted by Gasteiger charge is 2.18. The number of anilines is 1. The first kappa shape index (κ1) is 15.1. The van der Waals surface area contributed by atoms with Gasteiger partial charge in [-0.3, -0.25) is 4.90 Å². The Kier molecular flexibility index (Phi) is 5.49. The molecule has 1 saturated heterocycles. The summed E-state index contributed by atoms with van der Waals surface area (Å²) in [5.74, 6) is 0.878. The second-order valence-electron chi connectivity index (χ2n) is 6.29. The molecule has 1 heterocycles. The van der Waals surface area contributed by atoms with E-state index in [2.05, 4.69) is 70.9 Å². The molecule has 116 valence electrons. The minimum Gasteiger partial charge on any atom is -0.385 e. The third-order valence-corrected chi connectivity index (χ3v) is 4.61. The van der Waals surface area contributed by atoms with Crippen molar-refractivity contribution in [1.29, 1.82) is 0 Å². The zero-order chi connectivity index (χ0) is 15.0. The average molecular weight is 294 g/mol. The van der Waals surface area contributed by atoms with Gasteiger partial charge in [0.15, 0.2) is 0 Å². The van der Waals surface area contributed by atoms with Crippen molar-refractivity contribution in [3.8, 4) is 0 Å². The van der Waals surface area contributed by atoms with Crippen molar-refractivity contribution in [2.45, 2.75) is 25.8 Å². The topological polar surface area (TPSA) is 15.3 Å². The molecular formula is C20H26N2. The molecule has 2 aromatic rings. The van der Waals surface area contributed by atoms with E-state index in [9.17, 15) is 0 Å². The van der Waals surface area contributed by atoms with Gasteiger partial charge in [0.1, 0.15) is 0 Å². The van der Waals surface area contributed by atoms with E-state index in [-0.39, 0.29) is 0 Å². The fraction of sp³-hybridized carbons (Fsp3) is 0.400. The fourth-order valence-electron chi connectivity index (χ4n) is 3.25. The van der Waals surface area contributed by atoms with Crippen LogP contribution in [0.25, 0.3) is 0 Å². The molecule has 0 bridgehead atoms. The lowest BCUT2D eigenvalue weighted by Gasteiger charge is -2.32. The van der Waals surface area contributed by atoms with Crippen LogP contribution in [0.15, 0.2) is 60.7 Å². The standard InChI is InChI=1S/C20H26N2/c1-3-7-19(8-4-1)17-22-15-12-18(13-16-22)11-14-21-20-9-5-2-6-10-20/h1-10,18,21H,11-17H2. The number of rotatable bonds is 6. The number of likely N-dealkylation sites (tertiary alicyclic amines) is 1. The second-order valence-corrected chi connectivity index (χ2v) is 6.29. The summed E-state index contributed by atoms with van der Waals surface area (Å²) in [5.41, 5.74) is 2.68. The lowest BCUT2D eigenvalue weighted by molar-refractivity contribution is 0.174. The molecule has 0 spiro atoms. The third kappa shape index (κ3) is 4.60. The summed E-state index contributed by atoms with van der Waals surface area (Å²) < 4.78 is 0. The predicted molar refractivity (Wildman–Crippen MR) is 94.0 cm³/mol. The summed E-state index contributed by atoms with van der Waals surface area (Å²) in [5, 5.41) is 3.53. The quantitative estimate of drug-likeness (QED) is 0.849. The lowest BCUT2D eigenvalue weighted by Crippen LogP contribution is -2.33. The monoisotopic (exact) mass is 294 g/mol. The molecule has 0 saturated carbocycles. The fourth-order valence-corrected chi connectivity index (χ4v) is 3.25. The summed E-state index contributed by atoms with van der Waals surface area (Å²) in [6.07, 6.45) is 3.96. The van der Waals surface area contributed by atoms with Crippen LogP contribution in [0.5, 0.6) is 0 Å². The van der Waals surface area contributed by atoms with E-state index in [1.165, 1.54) is 43.6 Å². The van der Waals surface area contributed by atoms with Gasteiger partial charge in [-0.15, -0.1) is 0 Å². The number of hydrogen-bond acceptors (Lipinski definition) is 2. The molecule has 1 aliphatic heterocycles. The molecule has 0 aliphatic carbocycles. The minimum atomic E-state index is 0.878. The van der Waals surface area contributed by atoms with Crippen molar-refractivity contribution in [1.82, 2.24) is 4.90 Å². The summed E-state index contributed by atoms with van der Waals surface area (Å²) in [6, 6.07) is 21.4. The SMILES string of the molecule is c1ccc(CN2CCC(CCNc3ccccc3)CC2)cc1. The molecule has 3 rings (SSSR count). The van der Waals surface area contributed by atoms with Gasteiger partial charge in [0.25, 0.3) is 0 Å². The van der Waals surface area contributed by atoms with Crippen LogP contribution in [0.4, 0.5) is 5.69 Å². The van der Waals surface area contributed by atoms with Gasteiger partial charge in [0, 0.05) is 18.8 Å². The van der Waals surface area contributed by atoms with Crippen LogP contribution in [-0.2, 0) is 6.54 Å². The summed E-state index contributed by atoms with van der Waals surface area (Å²) in [6.45, 7) is 4.68. The van der Waals surface area contributed by atoms with Crippen LogP contribution in [0, 0.1) is 5.92 Å². The van der Waals surface area contributed by atoms with Gasteiger partial charge in [-0.2, -0.15) is 0 Å². The molecule has 0 unspecified atom stereocenters. The first-order valence-corrected chi connectivity index (χ1v) is 8.45. The molecule has 0 atom stereocenters. The molecule has 22 heavy (non-hydrogen) atoms. The summed E-state index contributed by atoms with van der Waals surface area (Å²) >= 11 is 0. The Labute approximate surface area is 134 Å². The van der Waals surface area contributed by atoms with Crippen molar-refractivity contribution in [3.05, 3.63) is 66.2 Å². The van der Waals surface area contributed by atoms with Crippen LogP contribution >= 0.6 is 0 Å². The smallest absolute Gasteiger partial charge is 0.0340 e. The molecule has 0 amide bonds. The van der Waals surface area contributed by atoms with Crippen molar-refractivity contribution < 1.29 is 0 Å². The van der Waals surface area contributed by atoms with Gasteiger partial charge < -0.3 is 5.32 Å². The van der Waals surface area contributed by atoms with Crippen molar-refractivity contribution >= 4 is 5.69 Å². The highest BCUT2D eigenvalue weighted by Crippen LogP contribution is 2.22. The molecule has 2 heteroatoms. The Balaban J connectivity index is 1.35. The summed E-state index contributed by atoms with van der Waals surface area (Å²) in [4.78, 5) is 2.59. The van der Waals surface area contributed by atoms with Crippen molar-refractivity contribution in [2.24, 2.45) is 5.92 Å². The highest BCUT2D eigenvalue weighted by atomic mass is 15.1. The maximum Gasteiger partial charge on any atom is 0.0340 e. The van der Waals surface area contributed by atoms with Crippen LogP contribution in [0.3, 0.4) is 0 Å². The van der Waals surface area contributed by atoms with E-state index in [1.54, 1.807) is 0 Å². The summed E-state index contributed by atoms with van der Waals surface area (Å²) in [7, 11) is 0. The van der Waals surface area contributed by atoms with E-state index in [0.717, 1.165) is 19.0 Å². The lowest BCUT2D eigenvalue weighted by atomic mass is 9.93. The zero-order valence-electron chi connectivity index (χ0n) is 13.2. The molecule has 0 radical (unpaired) electrons. The maximum absolute atomic E-state index is 3.53. The van der Waals surface area contributed by atoms with E-state index in [4.69, 9.17) is 0 Å². The number of hydrogen-bond donors (Lipinski definition) is 1. The molecule has 1 fully saturated rings.